The number of ether oxygens (including phenoxy) is 1. The number of piperazine rings is 1. The molecule has 172 valence electrons. The van der Waals surface area contributed by atoms with Crippen molar-refractivity contribution in [2.75, 3.05) is 33.3 Å². The molecule has 2 aromatic rings. The van der Waals surface area contributed by atoms with E-state index in [9.17, 15) is 0 Å². The Morgan fingerprint density at radius 2 is 1.71 bits per heavy atom. The molecule has 0 amide bonds. The summed E-state index contributed by atoms with van der Waals surface area (Å²) in [7, 11) is 1.71. The van der Waals surface area contributed by atoms with Crippen LogP contribution in [-0.4, -0.2) is 69.3 Å². The number of benzene rings is 1. The van der Waals surface area contributed by atoms with Crippen molar-refractivity contribution >= 4 is 12.4 Å². The molecule has 1 aliphatic heterocycles. The summed E-state index contributed by atoms with van der Waals surface area (Å²) >= 11 is 0. The summed E-state index contributed by atoms with van der Waals surface area (Å²) in [5, 5.41) is 13.0. The molecule has 2 aliphatic rings. The van der Waals surface area contributed by atoms with E-state index in [2.05, 4.69) is 58.2 Å². The molecule has 1 saturated heterocycles. The Hall–Kier alpha value is -1.70. The monoisotopic (exact) mass is 448 g/mol. The number of halogens is 1. The van der Waals surface area contributed by atoms with Crippen LogP contribution in [0.15, 0.2) is 24.3 Å². The summed E-state index contributed by atoms with van der Waals surface area (Å²) in [6.45, 7) is 10.9. The summed E-state index contributed by atoms with van der Waals surface area (Å²) in [6, 6.07) is 9.22. The number of hydrogen-bond donors (Lipinski definition) is 0. The van der Waals surface area contributed by atoms with Crippen LogP contribution in [0.25, 0.3) is 0 Å². The van der Waals surface area contributed by atoms with Crippen molar-refractivity contribution in [1.82, 2.24) is 30.0 Å². The standard InChI is InChI=1S/C23H36N6O.ClH/c1-5-23(2,3)29-22(24-25-26-29)21(18-10-12-20(30-4)13-11-18)28-16-14-27(15-17-28)19-8-6-7-9-19;/h10-13,19,21H,5-9,14-17H2,1-4H3;1H. The smallest absolute Gasteiger partial charge is 0.173 e. The molecule has 0 bridgehead atoms. The lowest BCUT2D eigenvalue weighted by Gasteiger charge is -2.41. The van der Waals surface area contributed by atoms with Crippen molar-refractivity contribution in [3.05, 3.63) is 35.7 Å². The average Bonchev–Trinajstić information content (AvgIpc) is 3.48. The zero-order valence-electron chi connectivity index (χ0n) is 19.3. The molecule has 1 saturated carbocycles. The van der Waals surface area contributed by atoms with E-state index >= 15 is 0 Å². The number of hydrogen-bond acceptors (Lipinski definition) is 6. The van der Waals surface area contributed by atoms with E-state index in [1.807, 2.05) is 16.8 Å². The van der Waals surface area contributed by atoms with Crippen LogP contribution in [0.3, 0.4) is 0 Å². The van der Waals surface area contributed by atoms with E-state index in [0.717, 1.165) is 50.2 Å². The van der Waals surface area contributed by atoms with Gasteiger partial charge in [0.2, 0.25) is 0 Å². The molecule has 8 heteroatoms. The molecule has 1 aromatic heterocycles. The lowest BCUT2D eigenvalue weighted by Crippen LogP contribution is -2.51. The average molecular weight is 449 g/mol. The maximum atomic E-state index is 5.39. The third kappa shape index (κ3) is 5.04. The van der Waals surface area contributed by atoms with E-state index in [-0.39, 0.29) is 24.0 Å². The second-order valence-electron chi connectivity index (χ2n) is 9.30. The van der Waals surface area contributed by atoms with E-state index in [0.29, 0.717) is 0 Å². The van der Waals surface area contributed by atoms with Gasteiger partial charge in [-0.15, -0.1) is 17.5 Å². The minimum Gasteiger partial charge on any atom is -0.497 e. The SMILES string of the molecule is CCC(C)(C)n1nnnc1C(c1ccc(OC)cc1)N1CCN(C2CCCC2)CC1.Cl. The van der Waals surface area contributed by atoms with Crippen LogP contribution in [0.1, 0.15) is 70.3 Å². The molecule has 4 rings (SSSR count). The van der Waals surface area contributed by atoms with Gasteiger partial charge in [0.05, 0.1) is 18.7 Å². The van der Waals surface area contributed by atoms with Crippen molar-refractivity contribution in [3.8, 4) is 5.75 Å². The van der Waals surface area contributed by atoms with Crippen molar-refractivity contribution in [1.29, 1.82) is 0 Å². The Balaban J connectivity index is 0.00000272. The van der Waals surface area contributed by atoms with Gasteiger partial charge in [0, 0.05) is 32.2 Å². The molecule has 2 heterocycles. The first-order valence-electron chi connectivity index (χ1n) is 11.4. The Labute approximate surface area is 192 Å². The highest BCUT2D eigenvalue weighted by atomic mass is 35.5. The Morgan fingerprint density at radius 1 is 1.06 bits per heavy atom. The molecule has 7 nitrogen and oxygen atoms in total. The van der Waals surface area contributed by atoms with Gasteiger partial charge in [0.1, 0.15) is 5.75 Å². The molecule has 1 aliphatic carbocycles. The summed E-state index contributed by atoms with van der Waals surface area (Å²) < 4.78 is 7.42. The minimum atomic E-state index is -0.130. The van der Waals surface area contributed by atoms with Crippen LogP contribution in [0.2, 0.25) is 0 Å². The number of tetrazole rings is 1. The zero-order chi connectivity index (χ0) is 21.1. The van der Waals surface area contributed by atoms with Crippen LogP contribution in [0.4, 0.5) is 0 Å². The van der Waals surface area contributed by atoms with Crippen LogP contribution >= 0.6 is 12.4 Å². The number of methoxy groups -OCH3 is 1. The van der Waals surface area contributed by atoms with E-state index in [4.69, 9.17) is 4.74 Å². The summed E-state index contributed by atoms with van der Waals surface area (Å²) in [5.41, 5.74) is 1.09. The Kier molecular flexibility index (Phi) is 7.94. The van der Waals surface area contributed by atoms with E-state index in [1.54, 1.807) is 7.11 Å². The number of nitrogens with zero attached hydrogens (tertiary/aromatic N) is 6. The number of aromatic nitrogens is 4. The predicted octanol–water partition coefficient (Wildman–Crippen LogP) is 3.90. The fraction of sp³-hybridized carbons (Fsp3) is 0.696. The van der Waals surface area contributed by atoms with Gasteiger partial charge in [-0.1, -0.05) is 31.9 Å². The molecule has 0 radical (unpaired) electrons. The first-order chi connectivity index (χ1) is 14.5. The molecular formula is C23H37ClN6O. The molecule has 1 aromatic carbocycles. The number of rotatable bonds is 7. The van der Waals surface area contributed by atoms with Gasteiger partial charge >= 0.3 is 0 Å². The fourth-order valence-electron chi connectivity index (χ4n) is 4.88. The highest BCUT2D eigenvalue weighted by molar-refractivity contribution is 5.85. The maximum absolute atomic E-state index is 5.39. The van der Waals surface area contributed by atoms with Crippen LogP contribution in [0, 0.1) is 0 Å². The predicted molar refractivity (Wildman–Crippen MR) is 125 cm³/mol. The van der Waals surface area contributed by atoms with Gasteiger partial charge in [-0.05, 0) is 61.2 Å². The van der Waals surface area contributed by atoms with Crippen LogP contribution < -0.4 is 4.74 Å². The maximum Gasteiger partial charge on any atom is 0.173 e. The quantitative estimate of drug-likeness (QED) is 0.640. The van der Waals surface area contributed by atoms with Crippen molar-refractivity contribution < 1.29 is 4.74 Å². The molecule has 1 unspecified atom stereocenters. The van der Waals surface area contributed by atoms with Gasteiger partial charge in [-0.3, -0.25) is 9.80 Å². The Bertz CT molecular complexity index is 810. The first-order valence-corrected chi connectivity index (χ1v) is 11.4. The van der Waals surface area contributed by atoms with Gasteiger partial charge in [-0.25, -0.2) is 4.68 Å². The van der Waals surface area contributed by atoms with Crippen molar-refractivity contribution in [2.24, 2.45) is 0 Å². The normalized spacial score (nSPS) is 19.9. The van der Waals surface area contributed by atoms with Crippen molar-refractivity contribution in [3.63, 3.8) is 0 Å². The minimum absolute atomic E-state index is 0. The largest absolute Gasteiger partial charge is 0.497 e. The molecule has 2 fully saturated rings. The Morgan fingerprint density at radius 3 is 2.29 bits per heavy atom. The highest BCUT2D eigenvalue weighted by Crippen LogP contribution is 2.33. The lowest BCUT2D eigenvalue weighted by molar-refractivity contribution is 0.0751. The summed E-state index contributed by atoms with van der Waals surface area (Å²) in [6.07, 6.45) is 6.48. The first kappa shape index (κ1) is 24.0. The summed E-state index contributed by atoms with van der Waals surface area (Å²) in [5.74, 6) is 1.80. The van der Waals surface area contributed by atoms with E-state index in [1.165, 1.54) is 31.2 Å². The third-order valence-electron chi connectivity index (χ3n) is 7.16. The molecular weight excluding hydrogens is 412 g/mol. The molecule has 0 N–H and O–H groups in total. The second-order valence-corrected chi connectivity index (χ2v) is 9.30. The lowest BCUT2D eigenvalue weighted by atomic mass is 9.99. The molecule has 1 atom stereocenters. The van der Waals surface area contributed by atoms with Crippen LogP contribution in [-0.2, 0) is 5.54 Å². The van der Waals surface area contributed by atoms with Gasteiger partial charge in [0.25, 0.3) is 0 Å². The van der Waals surface area contributed by atoms with Gasteiger partial charge in [-0.2, -0.15) is 0 Å². The molecule has 0 spiro atoms. The van der Waals surface area contributed by atoms with Crippen LogP contribution in [0.5, 0.6) is 5.75 Å². The van der Waals surface area contributed by atoms with Gasteiger partial charge in [0.15, 0.2) is 5.82 Å². The van der Waals surface area contributed by atoms with Gasteiger partial charge < -0.3 is 4.74 Å². The summed E-state index contributed by atoms with van der Waals surface area (Å²) in [4.78, 5) is 5.26. The highest BCUT2D eigenvalue weighted by Gasteiger charge is 2.35. The zero-order valence-corrected chi connectivity index (χ0v) is 20.1. The topological polar surface area (TPSA) is 59.3 Å². The van der Waals surface area contributed by atoms with Crippen molar-refractivity contribution in [2.45, 2.75) is 70.5 Å². The second kappa shape index (κ2) is 10.3. The molecule has 31 heavy (non-hydrogen) atoms. The van der Waals surface area contributed by atoms with E-state index < -0.39 is 0 Å². The fourth-order valence-corrected chi connectivity index (χ4v) is 4.88. The third-order valence-corrected chi connectivity index (χ3v) is 7.16.